The molecule has 0 aliphatic rings. The summed E-state index contributed by atoms with van der Waals surface area (Å²) in [5, 5.41) is 52.6. The first-order valence-corrected chi connectivity index (χ1v) is 36.8. The lowest BCUT2D eigenvalue weighted by Crippen LogP contribution is -2.02. The predicted octanol–water partition coefficient (Wildman–Crippen LogP) is 25.5. The Kier molecular flexibility index (Phi) is 15.0. The Bertz CT molecular complexity index is 7550. The molecule has 9 nitrogen and oxygen atoms in total. The molecule has 0 unspecified atom stereocenters. The topological polar surface area (TPSA) is 92.1 Å². The average molecular weight is 1390 g/mol. The van der Waals surface area contributed by atoms with Crippen LogP contribution in [0.4, 0.5) is 0 Å². The zero-order valence-electron chi connectivity index (χ0n) is 58.9. The van der Waals surface area contributed by atoms with Crippen molar-refractivity contribution in [2.45, 2.75) is 0 Å². The molecule has 17 aromatic carbocycles. The minimum absolute atomic E-state index is 0.844. The Balaban J connectivity index is 0.000000104. The van der Waals surface area contributed by atoms with Gasteiger partial charge in [0.15, 0.2) is 17.5 Å². The molecule has 0 radical (unpaired) electrons. The SMILES string of the molecule is c1ccc(-c2ccc(-c3nnc(-n4c5ccccc5c5cc6ccccc6cc54)c4ccccc34)cc2)cc1.c1ccc(-c2nnc(-n3c4ccccc4c4cc5ccccc5cc43)c3ccccc23)cc1.c1ccc2cc(-c3nnc(-n4c5ccccc5c5cc6ccccc6cc54)c4ccccc34)ccc2c1. The van der Waals surface area contributed by atoms with Crippen molar-refractivity contribution >= 4 is 141 Å². The molecule has 0 amide bonds. The van der Waals surface area contributed by atoms with Gasteiger partial charge in [-0.2, -0.15) is 0 Å². The zero-order valence-corrected chi connectivity index (χ0v) is 58.9. The van der Waals surface area contributed by atoms with Gasteiger partial charge < -0.3 is 0 Å². The maximum atomic E-state index is 4.90. The van der Waals surface area contributed by atoms with E-state index in [9.17, 15) is 0 Å². The van der Waals surface area contributed by atoms with E-state index in [1.54, 1.807) is 0 Å². The lowest BCUT2D eigenvalue weighted by Gasteiger charge is -2.13. The molecule has 0 aliphatic carbocycles. The third-order valence-electron chi connectivity index (χ3n) is 21.6. The molecule has 0 spiro atoms. The number of fused-ring (bicyclic) bond motifs is 16. The van der Waals surface area contributed by atoms with Gasteiger partial charge >= 0.3 is 0 Å². The summed E-state index contributed by atoms with van der Waals surface area (Å²) in [4.78, 5) is 0. The molecule has 109 heavy (non-hydrogen) atoms. The maximum Gasteiger partial charge on any atom is 0.168 e. The third-order valence-corrected chi connectivity index (χ3v) is 21.6. The summed E-state index contributed by atoms with van der Waals surface area (Å²) in [5.74, 6) is 2.55. The van der Waals surface area contributed by atoms with Gasteiger partial charge in [0.1, 0.15) is 17.1 Å². The molecule has 0 atom stereocenters. The Hall–Kier alpha value is -14.8. The van der Waals surface area contributed by atoms with Gasteiger partial charge in [-0.25, -0.2) is 0 Å². The Labute approximate surface area is 625 Å². The van der Waals surface area contributed by atoms with E-state index in [1.807, 2.05) is 24.3 Å². The molecule has 0 fully saturated rings. The highest BCUT2D eigenvalue weighted by Crippen LogP contribution is 2.43. The van der Waals surface area contributed by atoms with Crippen LogP contribution >= 0.6 is 0 Å². The van der Waals surface area contributed by atoms with Crippen LogP contribution in [-0.4, -0.2) is 44.3 Å². The quantitative estimate of drug-likeness (QED) is 0.158. The van der Waals surface area contributed by atoms with Crippen LogP contribution in [0.1, 0.15) is 0 Å². The zero-order chi connectivity index (χ0) is 71.9. The minimum Gasteiger partial charge on any atom is -0.292 e. The van der Waals surface area contributed by atoms with Crippen molar-refractivity contribution in [1.29, 1.82) is 0 Å². The van der Waals surface area contributed by atoms with Gasteiger partial charge in [-0.15, -0.1) is 30.6 Å². The Morgan fingerprint density at radius 3 is 0.761 bits per heavy atom. The monoisotopic (exact) mass is 1390 g/mol. The molecule has 9 heteroatoms. The van der Waals surface area contributed by atoms with Gasteiger partial charge in [-0.05, 0) is 115 Å². The fraction of sp³-hybridized carbons (Fsp3) is 0. The first kappa shape index (κ1) is 62.7. The molecule has 23 aromatic rings. The number of hydrogen-bond donors (Lipinski definition) is 0. The molecule has 23 rings (SSSR count). The molecular weight excluding hydrogens is 1330 g/mol. The first-order chi connectivity index (χ1) is 54.1. The summed E-state index contributed by atoms with van der Waals surface area (Å²) in [6, 6.07) is 135. The van der Waals surface area contributed by atoms with E-state index in [0.717, 1.165) is 117 Å². The van der Waals surface area contributed by atoms with Crippen LogP contribution in [0, 0.1) is 0 Å². The number of benzene rings is 17. The van der Waals surface area contributed by atoms with E-state index in [0.29, 0.717) is 0 Å². The van der Waals surface area contributed by atoms with Crippen molar-refractivity contribution in [3.8, 4) is 62.4 Å². The molecule has 6 aromatic heterocycles. The summed E-state index contributed by atoms with van der Waals surface area (Å²) in [6.45, 7) is 0. The van der Waals surface area contributed by atoms with Crippen LogP contribution in [0.5, 0.6) is 0 Å². The van der Waals surface area contributed by atoms with Crippen molar-refractivity contribution in [2.24, 2.45) is 0 Å². The molecule has 508 valence electrons. The molecule has 6 heterocycles. The van der Waals surface area contributed by atoms with E-state index in [2.05, 4.69) is 372 Å². The van der Waals surface area contributed by atoms with Crippen LogP contribution in [0.25, 0.3) is 203 Å². The molecule has 0 N–H and O–H groups in total. The number of hydrogen-bond acceptors (Lipinski definition) is 6. The second kappa shape index (κ2) is 26.1. The van der Waals surface area contributed by atoms with Crippen LogP contribution in [-0.2, 0) is 0 Å². The van der Waals surface area contributed by atoms with Gasteiger partial charge in [0, 0.05) is 81.3 Å². The highest BCUT2D eigenvalue weighted by molar-refractivity contribution is 6.18. The molecule has 0 saturated heterocycles. The predicted molar refractivity (Wildman–Crippen MR) is 453 cm³/mol. The van der Waals surface area contributed by atoms with Crippen molar-refractivity contribution in [3.05, 3.63) is 382 Å². The summed E-state index contributed by atoms with van der Waals surface area (Å²) < 4.78 is 6.81. The average Bonchev–Trinajstić information content (AvgIpc) is 1.35. The van der Waals surface area contributed by atoms with E-state index in [1.165, 1.54) is 86.5 Å². The van der Waals surface area contributed by atoms with E-state index >= 15 is 0 Å². The van der Waals surface area contributed by atoms with Gasteiger partial charge in [0.25, 0.3) is 0 Å². The van der Waals surface area contributed by atoms with E-state index in [-0.39, 0.29) is 0 Å². The Morgan fingerprint density at radius 1 is 0.138 bits per heavy atom. The van der Waals surface area contributed by atoms with Gasteiger partial charge in [0.2, 0.25) is 0 Å². The second-order valence-electron chi connectivity index (χ2n) is 27.8. The van der Waals surface area contributed by atoms with Gasteiger partial charge in [-0.3, -0.25) is 13.7 Å². The van der Waals surface area contributed by atoms with Crippen LogP contribution < -0.4 is 0 Å². The summed E-state index contributed by atoms with van der Waals surface area (Å²) in [6.07, 6.45) is 0. The number of rotatable bonds is 7. The third kappa shape index (κ3) is 10.7. The summed E-state index contributed by atoms with van der Waals surface area (Å²) in [7, 11) is 0. The normalized spacial score (nSPS) is 11.7. The van der Waals surface area contributed by atoms with Crippen LogP contribution in [0.3, 0.4) is 0 Å². The standard InChI is InChI=1S/C36H23N3.C34H21N3.C30H19N3/c1-2-10-24(11-3-1)25-18-20-26(21-19-25)35-30-15-6-7-16-31(30)36(38-37-35)39-33-17-9-8-14-29(33)32-22-27-12-4-5-13-28(27)23-34(32)39;1-2-10-23-19-26(18-17-22(23)9-1)33-28-14-5-6-15-29(28)34(36-35-33)37-31-16-8-7-13-27(31)30-20-24-11-3-4-12-25(24)21-32(30)37;1-2-10-20(11-3-1)29-24-15-6-7-16-25(24)30(32-31-29)33-27-17-9-8-14-23(27)26-18-21-12-4-5-13-22(21)19-28(26)33/h1-23H;1-21H;1-19H. The lowest BCUT2D eigenvalue weighted by molar-refractivity contribution is 0.977. The number of nitrogens with zero attached hydrogens (tertiary/aromatic N) is 9. The second-order valence-corrected chi connectivity index (χ2v) is 27.8. The van der Waals surface area contributed by atoms with Crippen molar-refractivity contribution < 1.29 is 0 Å². The largest absolute Gasteiger partial charge is 0.292 e. The molecule has 0 aliphatic heterocycles. The number of aromatic nitrogens is 9. The van der Waals surface area contributed by atoms with Crippen molar-refractivity contribution in [3.63, 3.8) is 0 Å². The summed E-state index contributed by atoms with van der Waals surface area (Å²) in [5.41, 5.74) is 15.1. The van der Waals surface area contributed by atoms with E-state index in [4.69, 9.17) is 30.6 Å². The first-order valence-electron chi connectivity index (χ1n) is 36.8. The van der Waals surface area contributed by atoms with Crippen molar-refractivity contribution in [2.75, 3.05) is 0 Å². The fourth-order valence-electron chi connectivity index (χ4n) is 16.4. The highest BCUT2D eigenvalue weighted by Gasteiger charge is 2.23. The van der Waals surface area contributed by atoms with Gasteiger partial charge in [-0.1, -0.05) is 322 Å². The Morgan fingerprint density at radius 2 is 0.385 bits per heavy atom. The van der Waals surface area contributed by atoms with Crippen LogP contribution in [0.15, 0.2) is 382 Å². The lowest BCUT2D eigenvalue weighted by atomic mass is 10.0. The maximum absolute atomic E-state index is 4.90. The minimum atomic E-state index is 0.844. The van der Waals surface area contributed by atoms with Gasteiger partial charge in [0.05, 0.1) is 33.1 Å². The number of para-hydroxylation sites is 3. The molecule has 0 bridgehead atoms. The van der Waals surface area contributed by atoms with Crippen molar-refractivity contribution in [1.82, 2.24) is 44.3 Å². The molecular formula is C100H63N9. The molecule has 0 saturated carbocycles. The smallest absolute Gasteiger partial charge is 0.168 e. The summed E-state index contributed by atoms with van der Waals surface area (Å²) >= 11 is 0. The van der Waals surface area contributed by atoms with E-state index < -0.39 is 0 Å². The fourth-order valence-corrected chi connectivity index (χ4v) is 16.4. The highest BCUT2D eigenvalue weighted by atomic mass is 15.2. The van der Waals surface area contributed by atoms with Crippen LogP contribution in [0.2, 0.25) is 0 Å².